The number of nitrogens with zero attached hydrogens (tertiary/aromatic N) is 4. The van der Waals surface area contributed by atoms with Gasteiger partial charge in [0.15, 0.2) is 11.3 Å². The number of rotatable bonds is 4. The summed E-state index contributed by atoms with van der Waals surface area (Å²) in [5.74, 6) is 0.692. The van der Waals surface area contributed by atoms with Gasteiger partial charge in [0, 0.05) is 38.5 Å². The molecule has 0 aliphatic carbocycles. The Morgan fingerprint density at radius 1 is 1.20 bits per heavy atom. The van der Waals surface area contributed by atoms with Crippen LogP contribution in [-0.2, 0) is 13.5 Å². The molecule has 3 aromatic rings. The van der Waals surface area contributed by atoms with Crippen LogP contribution in [0.15, 0.2) is 42.7 Å². The lowest BCUT2D eigenvalue weighted by atomic mass is 10.1. The molecule has 0 spiro atoms. The molecule has 0 radical (unpaired) electrons. The number of anilines is 1. The average molecular weight is 335 g/mol. The van der Waals surface area contributed by atoms with E-state index in [1.54, 1.807) is 24.9 Å². The van der Waals surface area contributed by atoms with Crippen molar-refractivity contribution in [2.75, 3.05) is 12.4 Å². The van der Waals surface area contributed by atoms with Crippen molar-refractivity contribution in [2.45, 2.75) is 13.3 Å². The van der Waals surface area contributed by atoms with Gasteiger partial charge in [0.2, 0.25) is 0 Å². The number of benzene rings is 1. The highest BCUT2D eigenvalue weighted by Crippen LogP contribution is 2.23. The summed E-state index contributed by atoms with van der Waals surface area (Å²) in [4.78, 5) is 4.55. The van der Waals surface area contributed by atoms with Crippen molar-refractivity contribution in [3.05, 3.63) is 59.5 Å². The quantitative estimate of drug-likeness (QED) is 0.504. The first kappa shape index (κ1) is 16.6. The first-order chi connectivity index (χ1) is 12.0. The Balaban J connectivity index is 2.12. The van der Waals surface area contributed by atoms with Crippen LogP contribution in [0.2, 0.25) is 0 Å². The largest absolute Gasteiger partial charge is 0.370 e. The van der Waals surface area contributed by atoms with E-state index < -0.39 is 0 Å². The lowest BCUT2D eigenvalue weighted by Gasteiger charge is -2.11. The van der Waals surface area contributed by atoms with Crippen LogP contribution in [0.1, 0.15) is 18.2 Å². The summed E-state index contributed by atoms with van der Waals surface area (Å²) in [6.07, 6.45) is 4.34. The fraction of sp³-hybridized carbons (Fsp3) is 0.222. The maximum atomic E-state index is 8.15. The zero-order valence-corrected chi connectivity index (χ0v) is 14.5. The van der Waals surface area contributed by atoms with Crippen LogP contribution in [0.25, 0.3) is 11.3 Å². The molecule has 0 unspecified atom stereocenters. The van der Waals surface area contributed by atoms with Gasteiger partial charge in [-0.2, -0.15) is 5.10 Å². The Labute approximate surface area is 146 Å². The number of aromatic nitrogens is 4. The van der Waals surface area contributed by atoms with Gasteiger partial charge in [-0.3, -0.25) is 20.1 Å². The molecule has 0 saturated carbocycles. The van der Waals surface area contributed by atoms with Crippen molar-refractivity contribution in [3.8, 4) is 11.3 Å². The van der Waals surface area contributed by atoms with E-state index in [1.807, 2.05) is 31.4 Å². The highest BCUT2D eigenvalue weighted by Gasteiger charge is 2.15. The standard InChI is InChI=1S/C18H21N7/c1-12(19)25-11-16(22-18(21-2)17(25)20)14-10-24(3)23-15(14)9-13-7-5-4-6-8-13/h4-8,10-11,19-20H,9H2,1-3H3,(H,21,22). The van der Waals surface area contributed by atoms with Crippen LogP contribution in [0, 0.1) is 10.8 Å². The molecular weight excluding hydrogens is 314 g/mol. The predicted octanol–water partition coefficient (Wildman–Crippen LogP) is 2.24. The first-order valence-corrected chi connectivity index (χ1v) is 7.98. The monoisotopic (exact) mass is 335 g/mol. The third-order valence-corrected chi connectivity index (χ3v) is 3.94. The molecule has 7 heteroatoms. The van der Waals surface area contributed by atoms with E-state index in [1.165, 1.54) is 10.1 Å². The SMILES string of the molecule is CNc1nc(-c2cn(C)nc2Cc2ccccc2)cn(C(C)=N)c1=N. The molecule has 3 N–H and O–H groups in total. The van der Waals surface area contributed by atoms with Crippen molar-refractivity contribution < 1.29 is 0 Å². The molecule has 1 aromatic carbocycles. The molecule has 0 aliphatic rings. The molecule has 0 fully saturated rings. The third-order valence-electron chi connectivity index (χ3n) is 3.94. The number of hydrogen-bond donors (Lipinski definition) is 3. The van der Waals surface area contributed by atoms with Crippen molar-refractivity contribution in [1.82, 2.24) is 19.3 Å². The molecule has 25 heavy (non-hydrogen) atoms. The minimum atomic E-state index is 0.159. The van der Waals surface area contributed by atoms with Crippen LogP contribution in [0.3, 0.4) is 0 Å². The summed E-state index contributed by atoms with van der Waals surface area (Å²) in [5.41, 5.74) is 3.83. The van der Waals surface area contributed by atoms with Crippen molar-refractivity contribution >= 4 is 11.7 Å². The van der Waals surface area contributed by atoms with E-state index >= 15 is 0 Å². The summed E-state index contributed by atoms with van der Waals surface area (Å²) >= 11 is 0. The predicted molar refractivity (Wildman–Crippen MR) is 97.9 cm³/mol. The first-order valence-electron chi connectivity index (χ1n) is 7.98. The van der Waals surface area contributed by atoms with Crippen molar-refractivity contribution in [3.63, 3.8) is 0 Å². The summed E-state index contributed by atoms with van der Waals surface area (Å²) in [6.45, 7) is 1.65. The Hall–Kier alpha value is -3.22. The molecule has 2 aromatic heterocycles. The minimum Gasteiger partial charge on any atom is -0.370 e. The summed E-state index contributed by atoms with van der Waals surface area (Å²) in [6, 6.07) is 10.2. The molecule has 0 aliphatic heterocycles. The Kier molecular flexibility index (Phi) is 4.47. The Morgan fingerprint density at radius 2 is 1.92 bits per heavy atom. The van der Waals surface area contributed by atoms with Gasteiger partial charge in [-0.15, -0.1) is 0 Å². The second kappa shape index (κ2) is 6.72. The van der Waals surface area contributed by atoms with Gasteiger partial charge < -0.3 is 5.32 Å². The number of hydrogen-bond acceptors (Lipinski definition) is 5. The second-order valence-corrected chi connectivity index (χ2v) is 5.85. The molecular formula is C18H21N7. The zero-order chi connectivity index (χ0) is 18.0. The van der Waals surface area contributed by atoms with Crippen LogP contribution >= 0.6 is 0 Å². The zero-order valence-electron chi connectivity index (χ0n) is 14.5. The molecule has 0 bridgehead atoms. The molecule has 7 nitrogen and oxygen atoms in total. The van der Waals surface area contributed by atoms with Crippen LogP contribution in [-0.4, -0.2) is 32.2 Å². The Morgan fingerprint density at radius 3 is 2.56 bits per heavy atom. The number of aryl methyl sites for hydroxylation is 1. The average Bonchev–Trinajstić information content (AvgIpc) is 2.96. The van der Waals surface area contributed by atoms with Crippen LogP contribution in [0.5, 0.6) is 0 Å². The van der Waals surface area contributed by atoms with E-state index in [9.17, 15) is 0 Å². The fourth-order valence-electron chi connectivity index (χ4n) is 2.74. The summed E-state index contributed by atoms with van der Waals surface area (Å²) in [7, 11) is 3.60. The lowest BCUT2D eigenvalue weighted by molar-refractivity contribution is 0.749. The normalized spacial score (nSPS) is 10.7. The third kappa shape index (κ3) is 3.35. The molecule has 0 amide bonds. The summed E-state index contributed by atoms with van der Waals surface area (Å²) < 4.78 is 3.28. The van der Waals surface area contributed by atoms with Gasteiger partial charge in [0.1, 0.15) is 5.84 Å². The topological polar surface area (TPSA) is 95.4 Å². The van der Waals surface area contributed by atoms with Gasteiger partial charge in [-0.05, 0) is 12.5 Å². The van der Waals surface area contributed by atoms with Crippen molar-refractivity contribution in [2.24, 2.45) is 7.05 Å². The van der Waals surface area contributed by atoms with Gasteiger partial charge in [-0.25, -0.2) is 4.98 Å². The highest BCUT2D eigenvalue weighted by atomic mass is 15.3. The van der Waals surface area contributed by atoms with E-state index in [-0.39, 0.29) is 11.3 Å². The molecule has 0 atom stereocenters. The lowest BCUT2D eigenvalue weighted by Crippen LogP contribution is -2.28. The molecule has 128 valence electrons. The van der Waals surface area contributed by atoms with E-state index in [0.717, 1.165) is 11.3 Å². The maximum absolute atomic E-state index is 8.15. The molecule has 3 rings (SSSR count). The van der Waals surface area contributed by atoms with E-state index in [4.69, 9.17) is 10.8 Å². The smallest absolute Gasteiger partial charge is 0.173 e. The minimum absolute atomic E-state index is 0.159. The number of nitrogens with one attached hydrogen (secondary N) is 3. The fourth-order valence-corrected chi connectivity index (χ4v) is 2.74. The Bertz CT molecular complexity index is 967. The highest BCUT2D eigenvalue weighted by molar-refractivity contribution is 5.80. The summed E-state index contributed by atoms with van der Waals surface area (Å²) in [5, 5.41) is 23.6. The van der Waals surface area contributed by atoms with Crippen LogP contribution in [0.4, 0.5) is 5.82 Å². The molecule has 0 saturated heterocycles. The second-order valence-electron chi connectivity index (χ2n) is 5.85. The molecule has 2 heterocycles. The van der Waals surface area contributed by atoms with Gasteiger partial charge in [0.05, 0.1) is 11.4 Å². The van der Waals surface area contributed by atoms with Gasteiger partial charge >= 0.3 is 0 Å². The van der Waals surface area contributed by atoms with Crippen LogP contribution < -0.4 is 10.8 Å². The van der Waals surface area contributed by atoms with E-state index in [2.05, 4.69) is 27.5 Å². The maximum Gasteiger partial charge on any atom is 0.173 e. The van der Waals surface area contributed by atoms with E-state index in [0.29, 0.717) is 17.9 Å². The van der Waals surface area contributed by atoms with Crippen molar-refractivity contribution in [1.29, 1.82) is 10.8 Å². The van der Waals surface area contributed by atoms with Gasteiger partial charge in [-0.1, -0.05) is 30.3 Å². The van der Waals surface area contributed by atoms with Gasteiger partial charge in [0.25, 0.3) is 0 Å².